The number of rotatable bonds is 8. The Kier molecular flexibility index (Phi) is 6.61. The summed E-state index contributed by atoms with van der Waals surface area (Å²) >= 11 is 0. The third-order valence-corrected chi connectivity index (χ3v) is 7.96. The van der Waals surface area contributed by atoms with E-state index < -0.39 is 15.9 Å². The Hall–Kier alpha value is -2.72. The Labute approximate surface area is 187 Å². The minimum atomic E-state index is -3.33. The second-order valence-electron chi connectivity index (χ2n) is 8.01. The molecule has 4 rings (SSSR count). The molecule has 0 saturated carbocycles. The molecule has 0 aliphatic carbocycles. The van der Waals surface area contributed by atoms with E-state index in [1.807, 2.05) is 42.6 Å². The van der Waals surface area contributed by atoms with Gasteiger partial charge in [0.2, 0.25) is 10.0 Å². The molecule has 170 valence electrons. The molecule has 0 radical (unpaired) electrons. The van der Waals surface area contributed by atoms with Gasteiger partial charge in [-0.3, -0.25) is 4.79 Å². The SMILES string of the molecule is CONCCS(=O)(=O)N1CCC(c2c[nH]c3c(C(N)=O)cc(-c4ccccc4)cc23)CC1. The molecule has 4 N–H and O–H groups in total. The van der Waals surface area contributed by atoms with Gasteiger partial charge in [-0.25, -0.2) is 18.2 Å². The van der Waals surface area contributed by atoms with E-state index in [9.17, 15) is 13.2 Å². The van der Waals surface area contributed by atoms with Crippen LogP contribution in [0, 0.1) is 0 Å². The number of benzene rings is 2. The van der Waals surface area contributed by atoms with Crippen molar-refractivity contribution in [3.05, 3.63) is 59.8 Å². The zero-order valence-electron chi connectivity index (χ0n) is 18.0. The summed E-state index contributed by atoms with van der Waals surface area (Å²) in [7, 11) is -1.86. The van der Waals surface area contributed by atoms with E-state index in [4.69, 9.17) is 10.6 Å². The third-order valence-electron chi connectivity index (χ3n) is 6.09. The Bertz CT molecular complexity index is 1200. The Morgan fingerprint density at radius 3 is 2.56 bits per heavy atom. The molecule has 1 saturated heterocycles. The van der Waals surface area contributed by atoms with Gasteiger partial charge in [-0.15, -0.1) is 0 Å². The number of aromatic amines is 1. The third kappa shape index (κ3) is 4.56. The molecule has 1 aliphatic heterocycles. The minimum absolute atomic E-state index is 0.000991. The van der Waals surface area contributed by atoms with Gasteiger partial charge in [0.25, 0.3) is 5.91 Å². The predicted molar refractivity (Wildman–Crippen MR) is 125 cm³/mol. The average Bonchev–Trinajstić information content (AvgIpc) is 3.23. The largest absolute Gasteiger partial charge is 0.366 e. The zero-order valence-corrected chi connectivity index (χ0v) is 18.8. The van der Waals surface area contributed by atoms with Gasteiger partial charge in [0.15, 0.2) is 0 Å². The Balaban J connectivity index is 1.60. The number of sulfonamides is 1. The molecule has 1 aromatic heterocycles. The number of hydroxylamine groups is 1. The molecular formula is C23H28N4O4S. The first-order valence-electron chi connectivity index (χ1n) is 10.6. The Morgan fingerprint density at radius 2 is 1.91 bits per heavy atom. The van der Waals surface area contributed by atoms with Crippen LogP contribution in [0.25, 0.3) is 22.0 Å². The summed E-state index contributed by atoms with van der Waals surface area (Å²) in [4.78, 5) is 20.1. The molecule has 1 amide bonds. The maximum atomic E-state index is 12.6. The van der Waals surface area contributed by atoms with Crippen LogP contribution in [-0.2, 0) is 14.9 Å². The van der Waals surface area contributed by atoms with E-state index >= 15 is 0 Å². The van der Waals surface area contributed by atoms with Crippen molar-refractivity contribution in [2.45, 2.75) is 18.8 Å². The molecule has 0 spiro atoms. The molecule has 3 aromatic rings. The lowest BCUT2D eigenvalue weighted by Gasteiger charge is -2.31. The fraction of sp³-hybridized carbons (Fsp3) is 0.348. The van der Waals surface area contributed by atoms with E-state index in [0.717, 1.165) is 27.6 Å². The van der Waals surface area contributed by atoms with Crippen molar-refractivity contribution in [1.29, 1.82) is 0 Å². The lowest BCUT2D eigenvalue weighted by Crippen LogP contribution is -2.41. The van der Waals surface area contributed by atoms with E-state index in [0.29, 0.717) is 31.5 Å². The van der Waals surface area contributed by atoms with Crippen molar-refractivity contribution in [3.63, 3.8) is 0 Å². The summed E-state index contributed by atoms with van der Waals surface area (Å²) in [5, 5.41) is 0.964. The summed E-state index contributed by atoms with van der Waals surface area (Å²) in [5.74, 6) is -0.285. The normalized spacial score (nSPS) is 15.9. The Morgan fingerprint density at radius 1 is 1.19 bits per heavy atom. The molecule has 32 heavy (non-hydrogen) atoms. The molecule has 0 unspecified atom stereocenters. The number of nitrogens with one attached hydrogen (secondary N) is 2. The lowest BCUT2D eigenvalue weighted by atomic mass is 9.88. The first kappa shape index (κ1) is 22.5. The van der Waals surface area contributed by atoms with Crippen molar-refractivity contribution < 1.29 is 18.0 Å². The number of primary amides is 1. The van der Waals surface area contributed by atoms with Crippen LogP contribution in [0.4, 0.5) is 0 Å². The average molecular weight is 457 g/mol. The molecule has 1 aliphatic rings. The number of piperidine rings is 1. The topological polar surface area (TPSA) is 118 Å². The maximum absolute atomic E-state index is 12.6. The highest BCUT2D eigenvalue weighted by Gasteiger charge is 2.30. The number of hydrogen-bond donors (Lipinski definition) is 3. The van der Waals surface area contributed by atoms with Gasteiger partial charge in [-0.05, 0) is 47.6 Å². The predicted octanol–water partition coefficient (Wildman–Crippen LogP) is 2.59. The van der Waals surface area contributed by atoms with Gasteiger partial charge in [-0.1, -0.05) is 30.3 Å². The van der Waals surface area contributed by atoms with Gasteiger partial charge >= 0.3 is 0 Å². The van der Waals surface area contributed by atoms with Crippen LogP contribution >= 0.6 is 0 Å². The molecule has 8 nitrogen and oxygen atoms in total. The second kappa shape index (κ2) is 9.41. The first-order chi connectivity index (χ1) is 15.4. The number of H-pyrrole nitrogens is 1. The van der Waals surface area contributed by atoms with Gasteiger partial charge in [-0.2, -0.15) is 0 Å². The van der Waals surface area contributed by atoms with Crippen molar-refractivity contribution in [2.24, 2.45) is 5.73 Å². The zero-order chi connectivity index (χ0) is 22.7. The lowest BCUT2D eigenvalue weighted by molar-refractivity contribution is 0.0964. The molecule has 9 heteroatoms. The van der Waals surface area contributed by atoms with E-state index in [1.54, 1.807) is 4.31 Å². The smallest absolute Gasteiger partial charge is 0.250 e. The number of nitrogens with two attached hydrogens (primary N) is 1. The van der Waals surface area contributed by atoms with E-state index in [-0.39, 0.29) is 18.2 Å². The van der Waals surface area contributed by atoms with Crippen molar-refractivity contribution in [2.75, 3.05) is 32.5 Å². The minimum Gasteiger partial charge on any atom is -0.366 e. The summed E-state index contributed by atoms with van der Waals surface area (Å²) < 4.78 is 26.7. The number of fused-ring (bicyclic) bond motifs is 1. The first-order valence-corrected chi connectivity index (χ1v) is 12.3. The van der Waals surface area contributed by atoms with E-state index in [2.05, 4.69) is 16.5 Å². The van der Waals surface area contributed by atoms with Crippen molar-refractivity contribution in [3.8, 4) is 11.1 Å². The highest BCUT2D eigenvalue weighted by Crippen LogP contribution is 2.37. The summed E-state index contributed by atoms with van der Waals surface area (Å²) in [6, 6.07) is 13.8. The number of carbonyl (C=O) groups excluding carboxylic acids is 1. The summed E-state index contributed by atoms with van der Waals surface area (Å²) in [6.45, 7) is 1.18. The van der Waals surface area contributed by atoms with Crippen LogP contribution in [0.1, 0.15) is 34.7 Å². The van der Waals surface area contributed by atoms with Crippen LogP contribution in [0.2, 0.25) is 0 Å². The van der Waals surface area contributed by atoms with Crippen LogP contribution < -0.4 is 11.2 Å². The second-order valence-corrected chi connectivity index (χ2v) is 10.1. The van der Waals surface area contributed by atoms with Crippen LogP contribution in [-0.4, -0.2) is 56.1 Å². The fourth-order valence-electron chi connectivity index (χ4n) is 4.43. The van der Waals surface area contributed by atoms with Crippen LogP contribution in [0.15, 0.2) is 48.7 Å². The van der Waals surface area contributed by atoms with Gasteiger partial charge in [0, 0.05) is 31.2 Å². The van der Waals surface area contributed by atoms with Crippen molar-refractivity contribution >= 4 is 26.8 Å². The van der Waals surface area contributed by atoms with E-state index in [1.165, 1.54) is 7.11 Å². The standard InChI is InChI=1S/C23H28N4O4S/c1-31-26-9-12-32(29,30)27-10-7-17(8-11-27)21-15-25-22-19(21)13-18(14-20(22)23(24)28)16-5-3-2-4-6-16/h2-6,13-15,17,25-26H,7-12H2,1H3,(H2,24,28). The summed E-state index contributed by atoms with van der Waals surface area (Å²) in [6.07, 6.45) is 3.36. The maximum Gasteiger partial charge on any atom is 0.250 e. The molecule has 2 heterocycles. The molecule has 2 aromatic carbocycles. The fourth-order valence-corrected chi connectivity index (χ4v) is 5.80. The highest BCUT2D eigenvalue weighted by molar-refractivity contribution is 7.89. The quantitative estimate of drug-likeness (QED) is 0.356. The number of amides is 1. The number of hydrogen-bond acceptors (Lipinski definition) is 5. The number of aromatic nitrogens is 1. The van der Waals surface area contributed by atoms with Gasteiger partial charge in [0.1, 0.15) is 0 Å². The van der Waals surface area contributed by atoms with Crippen LogP contribution in [0.3, 0.4) is 0 Å². The van der Waals surface area contributed by atoms with Gasteiger partial charge in [0.05, 0.1) is 23.9 Å². The molecule has 0 bridgehead atoms. The van der Waals surface area contributed by atoms with Crippen molar-refractivity contribution in [1.82, 2.24) is 14.8 Å². The molecular weight excluding hydrogens is 428 g/mol. The number of nitrogens with zero attached hydrogens (tertiary/aromatic N) is 1. The highest BCUT2D eigenvalue weighted by atomic mass is 32.2. The monoisotopic (exact) mass is 456 g/mol. The van der Waals surface area contributed by atoms with Gasteiger partial charge < -0.3 is 15.6 Å². The molecule has 0 atom stereocenters. The molecule has 1 fully saturated rings. The van der Waals surface area contributed by atoms with Crippen LogP contribution in [0.5, 0.6) is 0 Å². The summed E-state index contributed by atoms with van der Waals surface area (Å²) in [5.41, 5.74) is 12.5. The number of carbonyl (C=O) groups is 1.